The summed E-state index contributed by atoms with van der Waals surface area (Å²) in [6, 6.07) is 22.5. The molecule has 6 rings (SSSR count). The molecule has 0 saturated carbocycles. The molecule has 0 radical (unpaired) electrons. The van der Waals surface area contributed by atoms with Crippen molar-refractivity contribution in [2.45, 2.75) is 38.9 Å². The van der Waals surface area contributed by atoms with Crippen LogP contribution in [0.4, 0.5) is 5.69 Å². The average Bonchev–Trinajstić information content (AvgIpc) is 3.68. The second-order valence-electron chi connectivity index (χ2n) is 10.8. The van der Waals surface area contributed by atoms with Gasteiger partial charge in [0, 0.05) is 5.92 Å². The predicted molar refractivity (Wildman–Crippen MR) is 150 cm³/mol. The van der Waals surface area contributed by atoms with Crippen molar-refractivity contribution in [3.8, 4) is 5.75 Å². The molecule has 3 aliphatic rings. The summed E-state index contributed by atoms with van der Waals surface area (Å²) in [6.45, 7) is 2.70. The van der Waals surface area contributed by atoms with Crippen LogP contribution in [0.15, 0.2) is 93.9 Å². The first-order chi connectivity index (χ1) is 19.5. The lowest BCUT2D eigenvalue weighted by Gasteiger charge is -2.31. The Kier molecular flexibility index (Phi) is 7.41. The van der Waals surface area contributed by atoms with Gasteiger partial charge >= 0.3 is 0 Å². The van der Waals surface area contributed by atoms with Gasteiger partial charge in [-0.1, -0.05) is 42.0 Å². The minimum absolute atomic E-state index is 0.128. The summed E-state index contributed by atoms with van der Waals surface area (Å²) in [5, 5.41) is 9.27. The fourth-order valence-electron chi connectivity index (χ4n) is 6.36. The van der Waals surface area contributed by atoms with E-state index in [0.717, 1.165) is 35.3 Å². The zero-order chi connectivity index (χ0) is 27.6. The monoisotopic (exact) mass is 539 g/mol. The quantitative estimate of drug-likeness (QED) is 0.283. The van der Waals surface area contributed by atoms with E-state index in [4.69, 9.17) is 13.9 Å². The molecule has 1 aliphatic carbocycles. The van der Waals surface area contributed by atoms with Crippen LogP contribution in [0, 0.1) is 17.8 Å². The highest BCUT2D eigenvalue weighted by molar-refractivity contribution is 6.22. The van der Waals surface area contributed by atoms with Crippen molar-refractivity contribution in [1.29, 1.82) is 0 Å². The van der Waals surface area contributed by atoms with Gasteiger partial charge in [-0.15, -0.1) is 0 Å². The Hall–Kier alpha value is -3.94. The molecule has 0 bridgehead atoms. The third-order valence-electron chi connectivity index (χ3n) is 8.21. The summed E-state index contributed by atoms with van der Waals surface area (Å²) in [7, 11) is 0. The van der Waals surface area contributed by atoms with Gasteiger partial charge in [-0.05, 0) is 79.8 Å². The summed E-state index contributed by atoms with van der Waals surface area (Å²) < 4.78 is 18.1. The third kappa shape index (κ3) is 5.03. The Morgan fingerprint density at radius 1 is 1.00 bits per heavy atom. The molecule has 3 aromatic rings. The zero-order valence-electron chi connectivity index (χ0n) is 22.5. The van der Waals surface area contributed by atoms with Crippen LogP contribution in [0.1, 0.15) is 37.7 Å². The molecule has 2 aliphatic heterocycles. The molecule has 2 amide bonds. The topological polar surface area (TPSA) is 89.2 Å². The number of hydrogen-bond donors (Lipinski definition) is 1. The Morgan fingerprint density at radius 2 is 1.75 bits per heavy atom. The number of carbonyl (C=O) groups excluding carboxylic acids is 2. The zero-order valence-corrected chi connectivity index (χ0v) is 22.5. The fraction of sp³-hybridized carbons (Fsp3) is 0.333. The average molecular weight is 540 g/mol. The lowest BCUT2D eigenvalue weighted by Crippen LogP contribution is -2.35. The maximum absolute atomic E-state index is 13.7. The second kappa shape index (κ2) is 11.3. The van der Waals surface area contributed by atoms with Gasteiger partial charge in [0.05, 0.1) is 30.2 Å². The number of rotatable bonds is 9. The molecule has 1 aromatic heterocycles. The standard InChI is InChI=1S/C33H33NO6/c1-21(16-25-13-14-26(18-35)40-25)12-15-29-30-22(19-38-24-10-6-3-7-11-24)17-27-31(28(30)20-39-29)33(37)34(32(27)36)23-8-4-2-5-9-23/h2-11,13-14,16,27-29,31,35H,12,15,17-20H2,1H3/b21-16+/t27-,28+,29-,31-/m1/s1. The van der Waals surface area contributed by atoms with E-state index in [-0.39, 0.29) is 30.4 Å². The first-order valence-corrected chi connectivity index (χ1v) is 13.8. The highest BCUT2D eigenvalue weighted by Crippen LogP contribution is 2.50. The maximum atomic E-state index is 13.7. The van der Waals surface area contributed by atoms with Gasteiger partial charge < -0.3 is 19.0 Å². The number of aliphatic hydroxyl groups is 1. The highest BCUT2D eigenvalue weighted by atomic mass is 16.5. The van der Waals surface area contributed by atoms with Crippen LogP contribution in [0.5, 0.6) is 5.75 Å². The van der Waals surface area contributed by atoms with E-state index in [1.165, 1.54) is 4.90 Å². The first kappa shape index (κ1) is 26.3. The molecule has 0 spiro atoms. The number of amides is 2. The van der Waals surface area contributed by atoms with Crippen LogP contribution in [-0.4, -0.2) is 36.2 Å². The van der Waals surface area contributed by atoms with Crippen molar-refractivity contribution in [3.63, 3.8) is 0 Å². The van der Waals surface area contributed by atoms with Crippen molar-refractivity contribution in [3.05, 3.63) is 101 Å². The van der Waals surface area contributed by atoms with Gasteiger partial charge in [0.25, 0.3) is 0 Å². The van der Waals surface area contributed by atoms with Gasteiger partial charge in [-0.2, -0.15) is 0 Å². The molecule has 2 fully saturated rings. The van der Waals surface area contributed by atoms with E-state index in [9.17, 15) is 14.7 Å². The maximum Gasteiger partial charge on any atom is 0.238 e. The molecule has 7 nitrogen and oxygen atoms in total. The van der Waals surface area contributed by atoms with Crippen LogP contribution < -0.4 is 9.64 Å². The summed E-state index contributed by atoms with van der Waals surface area (Å²) in [5.41, 5.74) is 3.94. The number of allylic oxidation sites excluding steroid dienone is 1. The van der Waals surface area contributed by atoms with Crippen LogP contribution in [0.3, 0.4) is 0 Å². The van der Waals surface area contributed by atoms with Gasteiger partial charge in [0.15, 0.2) is 0 Å². The number of furan rings is 1. The van der Waals surface area contributed by atoms with Crippen LogP contribution >= 0.6 is 0 Å². The summed E-state index contributed by atoms with van der Waals surface area (Å²) in [6.07, 6.45) is 3.84. The molecule has 2 aromatic carbocycles. The van der Waals surface area contributed by atoms with Crippen LogP contribution in [0.2, 0.25) is 0 Å². The molecule has 40 heavy (non-hydrogen) atoms. The van der Waals surface area contributed by atoms with Crippen molar-refractivity contribution < 1.29 is 28.6 Å². The Balaban J connectivity index is 1.26. The van der Waals surface area contributed by atoms with Gasteiger partial charge in [-0.3, -0.25) is 14.5 Å². The van der Waals surface area contributed by atoms with Crippen molar-refractivity contribution in [2.75, 3.05) is 18.1 Å². The number of fused-ring (bicyclic) bond motifs is 3. The van der Waals surface area contributed by atoms with Crippen molar-refractivity contribution in [2.24, 2.45) is 17.8 Å². The normalized spacial score (nSPS) is 24.4. The first-order valence-electron chi connectivity index (χ1n) is 13.8. The Morgan fingerprint density at radius 3 is 2.48 bits per heavy atom. The summed E-state index contributed by atoms with van der Waals surface area (Å²) in [4.78, 5) is 28.7. The number of para-hydroxylation sites is 2. The Labute approximate surface area is 233 Å². The number of nitrogens with zero attached hydrogens (tertiary/aromatic N) is 1. The highest BCUT2D eigenvalue weighted by Gasteiger charge is 2.57. The van der Waals surface area contributed by atoms with Crippen LogP contribution in [-0.2, 0) is 20.9 Å². The molecular weight excluding hydrogens is 506 g/mol. The molecular formula is C33H33NO6. The number of carbonyl (C=O) groups is 2. The van der Waals surface area contributed by atoms with E-state index in [1.807, 2.05) is 72.8 Å². The molecule has 3 heterocycles. The molecule has 206 valence electrons. The Bertz CT molecular complexity index is 1440. The molecule has 7 heteroatoms. The fourth-order valence-corrected chi connectivity index (χ4v) is 6.36. The number of anilines is 1. The largest absolute Gasteiger partial charge is 0.489 e. The molecule has 2 saturated heterocycles. The van der Waals surface area contributed by atoms with E-state index < -0.39 is 11.8 Å². The smallest absolute Gasteiger partial charge is 0.238 e. The third-order valence-corrected chi connectivity index (χ3v) is 8.21. The van der Waals surface area contributed by atoms with E-state index in [0.29, 0.717) is 36.8 Å². The number of aliphatic hydroxyl groups excluding tert-OH is 1. The van der Waals surface area contributed by atoms with E-state index >= 15 is 0 Å². The summed E-state index contributed by atoms with van der Waals surface area (Å²) >= 11 is 0. The van der Waals surface area contributed by atoms with Crippen LogP contribution in [0.25, 0.3) is 6.08 Å². The number of hydrogen-bond acceptors (Lipinski definition) is 6. The number of benzene rings is 2. The lowest BCUT2D eigenvalue weighted by molar-refractivity contribution is -0.122. The minimum Gasteiger partial charge on any atom is -0.489 e. The predicted octanol–water partition coefficient (Wildman–Crippen LogP) is 5.56. The number of ether oxygens (including phenoxy) is 2. The summed E-state index contributed by atoms with van der Waals surface area (Å²) in [5.74, 6) is 0.744. The van der Waals surface area contributed by atoms with Crippen molar-refractivity contribution >= 4 is 23.6 Å². The van der Waals surface area contributed by atoms with E-state index in [1.54, 1.807) is 6.07 Å². The van der Waals surface area contributed by atoms with E-state index in [2.05, 4.69) is 6.92 Å². The minimum atomic E-state index is -0.426. The molecule has 0 unspecified atom stereocenters. The van der Waals surface area contributed by atoms with Gasteiger partial charge in [-0.25, -0.2) is 0 Å². The van der Waals surface area contributed by atoms with Gasteiger partial charge in [0.1, 0.15) is 30.5 Å². The SMILES string of the molecule is C/C(=C\c1ccc(CO)o1)CC[C@H]1OC[C@H]2C1=C(COc1ccccc1)C[C@H]1C(=O)N(c3ccccc3)C(=O)[C@H]12. The molecule has 1 N–H and O–H groups in total. The van der Waals surface area contributed by atoms with Gasteiger partial charge in [0.2, 0.25) is 11.8 Å². The lowest BCUT2D eigenvalue weighted by atomic mass is 9.69. The molecule has 4 atom stereocenters. The number of imide groups is 1. The van der Waals surface area contributed by atoms with Crippen molar-refractivity contribution in [1.82, 2.24) is 0 Å². The second-order valence-corrected chi connectivity index (χ2v) is 10.8.